The number of aromatic nitrogens is 2. The third-order valence-electron chi connectivity index (χ3n) is 9.32. The molecule has 0 aliphatic heterocycles. The van der Waals surface area contributed by atoms with Gasteiger partial charge in [0.05, 0.1) is 28.7 Å². The Bertz CT molecular complexity index is 2640. The first-order valence-electron chi connectivity index (χ1n) is 16.6. The first-order chi connectivity index (χ1) is 25.4. The smallest absolute Gasteiger partial charge is 0.298 e. The average molecular weight is 966 g/mol. The van der Waals surface area contributed by atoms with Crippen molar-refractivity contribution in [3.8, 4) is 11.5 Å². The molecule has 2 aromatic heterocycles. The normalized spacial score (nSPS) is 13.2. The van der Waals surface area contributed by atoms with E-state index in [1.807, 2.05) is 89.5 Å². The lowest BCUT2D eigenvalue weighted by atomic mass is 9.94. The molecule has 0 saturated carbocycles. The Balaban J connectivity index is 1.49. The van der Waals surface area contributed by atoms with Gasteiger partial charge >= 0.3 is 0 Å². The number of Topliss-reactive ketones (excluding diaryl/α,β-unsaturated/α-hetero) is 1. The molecule has 11 heteroatoms. The van der Waals surface area contributed by atoms with E-state index in [0.29, 0.717) is 49.0 Å². The number of hydrogen-bond donors (Lipinski definition) is 0. The van der Waals surface area contributed by atoms with Gasteiger partial charge in [0.2, 0.25) is 0 Å². The molecule has 0 spiro atoms. The van der Waals surface area contributed by atoms with Gasteiger partial charge in [0.1, 0.15) is 11.5 Å². The highest BCUT2D eigenvalue weighted by Gasteiger charge is 2.47. The quantitative estimate of drug-likeness (QED) is 0.137. The summed E-state index contributed by atoms with van der Waals surface area (Å²) in [6, 6.07) is 38.7. The van der Waals surface area contributed by atoms with Gasteiger partial charge in [-0.05, 0) is 91.0 Å². The minimum Gasteiger partial charge on any atom is -0.487 e. The molecule has 8 aromatic rings. The summed E-state index contributed by atoms with van der Waals surface area (Å²) >= 11 is 14.6. The molecule has 2 heterocycles. The maximum absolute atomic E-state index is 16.3. The van der Waals surface area contributed by atoms with E-state index >= 15 is 8.78 Å². The van der Waals surface area contributed by atoms with Crippen molar-refractivity contribution >= 4 is 113 Å². The van der Waals surface area contributed by atoms with Crippen molar-refractivity contribution in [1.82, 2.24) is 9.13 Å². The van der Waals surface area contributed by atoms with E-state index in [0.717, 1.165) is 29.6 Å². The van der Waals surface area contributed by atoms with Gasteiger partial charge < -0.3 is 14.0 Å². The summed E-state index contributed by atoms with van der Waals surface area (Å²) in [4.78, 5) is 14.9. The number of ketones is 1. The van der Waals surface area contributed by atoms with Crippen molar-refractivity contribution in [2.24, 2.45) is 0 Å². The van der Waals surface area contributed by atoms with Crippen molar-refractivity contribution < 1.29 is 23.0 Å². The predicted octanol–water partition coefficient (Wildman–Crippen LogP) is 13.0. The van der Waals surface area contributed by atoms with Crippen LogP contribution in [0.15, 0.2) is 145 Å². The molecule has 0 radical (unpaired) electrons. The summed E-state index contributed by atoms with van der Waals surface area (Å²) in [6.07, 6.45) is 0. The topological polar surface area (TPSA) is 45.4 Å². The Labute approximate surface area is 337 Å². The Morgan fingerprint density at radius 1 is 0.623 bits per heavy atom. The summed E-state index contributed by atoms with van der Waals surface area (Å²) in [7, 11) is 0. The van der Waals surface area contributed by atoms with E-state index in [1.54, 1.807) is 47.0 Å². The number of nitrogens with zero attached hydrogens (tertiary/aromatic N) is 2. The summed E-state index contributed by atoms with van der Waals surface area (Å²) in [6.45, 7) is -0.102. The molecule has 0 fully saturated rings. The van der Waals surface area contributed by atoms with Gasteiger partial charge in [0.15, 0.2) is 12.4 Å². The minimum absolute atomic E-state index is 0.347. The SMILES string of the molecule is CC(=O)C(Oc1ccccc1)(c1cc(Br)cc2c3cc(Br)ccc3n(CC(F)(F)COc3ccccc3)c12)n1c2ccc(Br)cc2c2cc(Br)ccc21. The molecule has 1 atom stereocenters. The van der Waals surface area contributed by atoms with Crippen LogP contribution in [-0.2, 0) is 17.1 Å². The second kappa shape index (κ2) is 14.0. The lowest BCUT2D eigenvalue weighted by molar-refractivity contribution is -0.135. The molecular formula is C42H28Br4F2N2O3. The van der Waals surface area contributed by atoms with Crippen molar-refractivity contribution in [2.45, 2.75) is 25.1 Å². The second-order valence-corrected chi connectivity index (χ2v) is 16.5. The fourth-order valence-electron chi connectivity index (χ4n) is 7.19. The van der Waals surface area contributed by atoms with Gasteiger partial charge in [-0.1, -0.05) is 100 Å². The highest BCUT2D eigenvalue weighted by atomic mass is 79.9. The summed E-state index contributed by atoms with van der Waals surface area (Å²) < 4.78 is 51.9. The van der Waals surface area contributed by atoms with Gasteiger partial charge in [-0.25, -0.2) is 8.78 Å². The zero-order valence-corrected chi connectivity index (χ0v) is 34.3. The molecule has 0 saturated heterocycles. The van der Waals surface area contributed by atoms with Gasteiger partial charge in [0, 0.05) is 51.9 Å². The van der Waals surface area contributed by atoms with E-state index in [9.17, 15) is 4.79 Å². The van der Waals surface area contributed by atoms with Crippen molar-refractivity contribution in [1.29, 1.82) is 0 Å². The number of hydrogen-bond acceptors (Lipinski definition) is 3. The molecule has 8 rings (SSSR count). The summed E-state index contributed by atoms with van der Waals surface area (Å²) in [5.74, 6) is -2.91. The Morgan fingerprint density at radius 3 is 1.66 bits per heavy atom. The number of alkyl halides is 2. The van der Waals surface area contributed by atoms with Crippen molar-refractivity contribution in [3.63, 3.8) is 0 Å². The molecule has 1 unspecified atom stereocenters. The van der Waals surface area contributed by atoms with Crippen LogP contribution in [0, 0.1) is 0 Å². The zero-order valence-electron chi connectivity index (χ0n) is 27.9. The Morgan fingerprint density at radius 2 is 1.11 bits per heavy atom. The van der Waals surface area contributed by atoms with E-state index < -0.39 is 24.8 Å². The fraction of sp³-hybridized carbons (Fsp3) is 0.119. The lowest BCUT2D eigenvalue weighted by Gasteiger charge is -2.36. The van der Waals surface area contributed by atoms with Crippen LogP contribution in [0.1, 0.15) is 12.5 Å². The first kappa shape index (κ1) is 36.0. The standard InChI is InChI=1S/C42H28Br4F2N2O3/c1-25(51)42(53-31-10-6-3-7-11-31,50-38-16-13-27(44)18-32(38)33-19-28(45)14-17-39(33)50)36-22-29(46)21-35-34-20-26(43)12-15-37(34)49(40(35)36)23-41(47,48)24-52-30-8-4-2-5-9-30/h2-22H,23-24H2,1H3. The van der Waals surface area contributed by atoms with Crippen molar-refractivity contribution in [2.75, 3.05) is 6.61 Å². The van der Waals surface area contributed by atoms with Gasteiger partial charge in [-0.3, -0.25) is 9.36 Å². The highest BCUT2D eigenvalue weighted by Crippen LogP contribution is 2.46. The van der Waals surface area contributed by atoms with E-state index in [1.165, 1.54) is 6.92 Å². The van der Waals surface area contributed by atoms with Crippen LogP contribution in [0.3, 0.4) is 0 Å². The number of ether oxygens (including phenoxy) is 2. The molecular weight excluding hydrogens is 938 g/mol. The van der Waals surface area contributed by atoms with Crippen LogP contribution < -0.4 is 9.47 Å². The fourth-order valence-corrected chi connectivity index (χ4v) is 8.73. The Hall–Kier alpha value is -4.03. The molecule has 6 aromatic carbocycles. The maximum atomic E-state index is 16.3. The molecule has 53 heavy (non-hydrogen) atoms. The Kier molecular flexibility index (Phi) is 9.50. The number of fused-ring (bicyclic) bond motifs is 6. The number of rotatable bonds is 10. The number of benzene rings is 6. The van der Waals surface area contributed by atoms with Gasteiger partial charge in [-0.15, -0.1) is 0 Å². The molecule has 0 bridgehead atoms. The molecule has 0 aliphatic carbocycles. The first-order valence-corrected chi connectivity index (χ1v) is 19.7. The molecule has 0 amide bonds. The largest absolute Gasteiger partial charge is 0.487 e. The summed E-state index contributed by atoms with van der Waals surface area (Å²) in [5, 5.41) is 3.14. The zero-order chi connectivity index (χ0) is 37.1. The number of para-hydroxylation sites is 2. The maximum Gasteiger partial charge on any atom is 0.298 e. The van der Waals surface area contributed by atoms with E-state index in [4.69, 9.17) is 9.47 Å². The van der Waals surface area contributed by atoms with Gasteiger partial charge in [0.25, 0.3) is 11.6 Å². The van der Waals surface area contributed by atoms with E-state index in [2.05, 4.69) is 63.7 Å². The molecule has 5 nitrogen and oxygen atoms in total. The van der Waals surface area contributed by atoms with Crippen LogP contribution in [0.5, 0.6) is 11.5 Å². The number of carbonyl (C=O) groups excluding carboxylic acids is 1. The number of carbonyl (C=O) groups is 1. The van der Waals surface area contributed by atoms with Crippen LogP contribution in [0.25, 0.3) is 43.6 Å². The predicted molar refractivity (Wildman–Crippen MR) is 221 cm³/mol. The molecule has 0 N–H and O–H groups in total. The van der Waals surface area contributed by atoms with Gasteiger partial charge in [-0.2, -0.15) is 0 Å². The monoisotopic (exact) mass is 962 g/mol. The second-order valence-electron chi connectivity index (χ2n) is 12.8. The van der Waals surface area contributed by atoms with Crippen LogP contribution >= 0.6 is 63.7 Å². The average Bonchev–Trinajstić information content (AvgIpc) is 3.61. The van der Waals surface area contributed by atoms with Crippen molar-refractivity contribution in [3.05, 3.63) is 151 Å². The van der Waals surface area contributed by atoms with Crippen LogP contribution in [0.4, 0.5) is 8.78 Å². The minimum atomic E-state index is -3.32. The van der Waals surface area contributed by atoms with Crippen LogP contribution in [0.2, 0.25) is 0 Å². The molecule has 266 valence electrons. The lowest BCUT2D eigenvalue weighted by Crippen LogP contribution is -2.47. The third-order valence-corrected chi connectivity index (χ3v) is 11.3. The summed E-state index contributed by atoms with van der Waals surface area (Å²) in [5.41, 5.74) is 0.907. The van der Waals surface area contributed by atoms with Crippen LogP contribution in [-0.4, -0.2) is 27.4 Å². The third kappa shape index (κ3) is 6.49. The number of halogens is 6. The van der Waals surface area contributed by atoms with E-state index in [-0.39, 0.29) is 5.78 Å². The highest BCUT2D eigenvalue weighted by molar-refractivity contribution is 9.11. The molecule has 0 aliphatic rings.